The van der Waals surface area contributed by atoms with Crippen molar-refractivity contribution in [3.63, 3.8) is 0 Å². The van der Waals surface area contributed by atoms with Crippen molar-refractivity contribution in [2.24, 2.45) is 0 Å². The number of hydrogen-bond acceptors (Lipinski definition) is 4. The van der Waals surface area contributed by atoms with E-state index in [-0.39, 0.29) is 0 Å². The third-order valence-corrected chi connectivity index (χ3v) is 2.34. The number of rotatable bonds is 0. The second-order valence-electron chi connectivity index (χ2n) is 2.63. The van der Waals surface area contributed by atoms with Crippen LogP contribution in [0.3, 0.4) is 0 Å². The predicted molar refractivity (Wildman–Crippen MR) is 51.3 cm³/mol. The van der Waals surface area contributed by atoms with E-state index in [0.717, 1.165) is 10.5 Å². The normalized spacial score (nSPS) is 18.7. The Kier molecular flexibility index (Phi) is 2.54. The van der Waals surface area contributed by atoms with E-state index in [2.05, 4.69) is 0 Å². The third kappa shape index (κ3) is 2.03. The van der Waals surface area contributed by atoms with Crippen molar-refractivity contribution in [1.82, 2.24) is 5.06 Å². The second kappa shape index (κ2) is 3.83. The van der Waals surface area contributed by atoms with Crippen LogP contribution in [0.15, 0.2) is 35.4 Å². The Morgan fingerprint density at radius 1 is 1.31 bits per heavy atom. The summed E-state index contributed by atoms with van der Waals surface area (Å²) >= 11 is 1.21. The Hall–Kier alpha value is -0.970. The molecule has 0 fully saturated rings. The molecule has 13 heavy (non-hydrogen) atoms. The number of nitrogens with zero attached hydrogens (tertiary/aromatic N) is 1. The Morgan fingerprint density at radius 3 is 3.08 bits per heavy atom. The first-order valence-electron chi connectivity index (χ1n) is 3.87. The fraction of sp³-hybridized carbons (Fsp3) is 0.111. The molecule has 0 aromatic heterocycles. The van der Waals surface area contributed by atoms with Gasteiger partial charge in [-0.25, -0.2) is 5.06 Å². The van der Waals surface area contributed by atoms with E-state index in [1.165, 1.54) is 17.1 Å². The van der Waals surface area contributed by atoms with E-state index in [4.69, 9.17) is 9.32 Å². The largest absolute Gasteiger partial charge is 0.232 e. The van der Waals surface area contributed by atoms with Gasteiger partial charge in [0.05, 0.1) is 12.0 Å². The van der Waals surface area contributed by atoms with Crippen molar-refractivity contribution >= 4 is 18.1 Å². The molecule has 0 spiro atoms. The van der Waals surface area contributed by atoms with E-state index in [0.29, 0.717) is 0 Å². The summed E-state index contributed by atoms with van der Waals surface area (Å²) in [5, 5.41) is 1.50. The molecule has 0 amide bonds. The highest BCUT2D eigenvalue weighted by atomic mass is 32.2. The molecule has 0 aliphatic carbocycles. The minimum absolute atomic E-state index is 1.05. The lowest BCUT2D eigenvalue weighted by atomic mass is 10.2. The van der Waals surface area contributed by atoms with Crippen LogP contribution in [0, 0.1) is 0 Å². The van der Waals surface area contributed by atoms with Crippen LogP contribution in [0.2, 0.25) is 0 Å². The molecule has 0 unspecified atom stereocenters. The molecule has 1 aliphatic heterocycles. The molecule has 0 bridgehead atoms. The summed E-state index contributed by atoms with van der Waals surface area (Å²) in [6.07, 6.45) is 3.78. The quantitative estimate of drug-likeness (QED) is 0.468. The molecule has 0 saturated heterocycles. The van der Waals surface area contributed by atoms with Gasteiger partial charge in [0, 0.05) is 18.1 Å². The molecular formula is C9H9NO2S. The standard InChI is InChI=1S/C9H9NO2S/c1-10-7-6-8-4-2-3-5-9(8)13-12-11-10/h2-7H,1H3/b7-6+. The fourth-order valence-corrected chi connectivity index (χ4v) is 1.57. The SMILES string of the molecule is CN1/C=C/c2ccccc2SOO1. The number of fused-ring (bicyclic) bond motifs is 1. The van der Waals surface area contributed by atoms with E-state index in [1.54, 1.807) is 13.2 Å². The Bertz CT molecular complexity index is 327. The predicted octanol–water partition coefficient (Wildman–Crippen LogP) is 2.47. The molecule has 1 aliphatic rings. The van der Waals surface area contributed by atoms with Gasteiger partial charge in [0.15, 0.2) is 0 Å². The van der Waals surface area contributed by atoms with Crippen LogP contribution in [0.5, 0.6) is 0 Å². The molecule has 2 rings (SSSR count). The molecule has 1 aromatic rings. The first-order valence-corrected chi connectivity index (χ1v) is 4.62. The Labute approximate surface area is 81.0 Å². The van der Waals surface area contributed by atoms with Crippen LogP contribution in [0.1, 0.15) is 5.56 Å². The van der Waals surface area contributed by atoms with E-state index < -0.39 is 0 Å². The van der Waals surface area contributed by atoms with Crippen LogP contribution < -0.4 is 0 Å². The van der Waals surface area contributed by atoms with Crippen LogP contribution in [-0.4, -0.2) is 12.1 Å². The third-order valence-electron chi connectivity index (χ3n) is 1.65. The number of hydrogen-bond donors (Lipinski definition) is 0. The average Bonchev–Trinajstić information content (AvgIpc) is 2.13. The second-order valence-corrected chi connectivity index (χ2v) is 3.37. The van der Waals surface area contributed by atoms with Crippen LogP contribution in [-0.2, 0) is 9.32 Å². The summed E-state index contributed by atoms with van der Waals surface area (Å²) in [5.41, 5.74) is 1.13. The summed E-state index contributed by atoms with van der Waals surface area (Å²) in [6, 6.07) is 7.97. The van der Waals surface area contributed by atoms with Crippen molar-refractivity contribution in [3.05, 3.63) is 36.0 Å². The van der Waals surface area contributed by atoms with Gasteiger partial charge in [0.2, 0.25) is 0 Å². The molecule has 0 saturated carbocycles. The molecule has 3 nitrogen and oxygen atoms in total. The minimum atomic E-state index is 1.05. The highest BCUT2D eigenvalue weighted by Crippen LogP contribution is 2.26. The zero-order valence-corrected chi connectivity index (χ0v) is 7.95. The summed E-state index contributed by atoms with van der Waals surface area (Å²) in [4.78, 5) is 5.90. The molecule has 68 valence electrons. The monoisotopic (exact) mass is 195 g/mol. The highest BCUT2D eigenvalue weighted by Gasteiger charge is 2.05. The molecule has 1 aromatic carbocycles. The van der Waals surface area contributed by atoms with E-state index >= 15 is 0 Å². The number of hydroxylamine groups is 2. The van der Waals surface area contributed by atoms with Gasteiger partial charge in [0.25, 0.3) is 0 Å². The van der Waals surface area contributed by atoms with Crippen molar-refractivity contribution in [1.29, 1.82) is 0 Å². The molecule has 1 heterocycles. The van der Waals surface area contributed by atoms with Crippen LogP contribution in [0.25, 0.3) is 6.08 Å². The van der Waals surface area contributed by atoms with Gasteiger partial charge in [-0.15, -0.1) is 4.33 Å². The zero-order chi connectivity index (χ0) is 9.10. The Morgan fingerprint density at radius 2 is 2.15 bits per heavy atom. The highest BCUT2D eigenvalue weighted by molar-refractivity contribution is 7.94. The van der Waals surface area contributed by atoms with Crippen molar-refractivity contribution in [3.8, 4) is 0 Å². The average molecular weight is 195 g/mol. The van der Waals surface area contributed by atoms with Crippen molar-refractivity contribution in [2.75, 3.05) is 7.05 Å². The van der Waals surface area contributed by atoms with Gasteiger partial charge >= 0.3 is 0 Å². The molecule has 4 heteroatoms. The van der Waals surface area contributed by atoms with Gasteiger partial charge < -0.3 is 0 Å². The van der Waals surface area contributed by atoms with Gasteiger partial charge in [-0.05, 0) is 17.7 Å². The lowest BCUT2D eigenvalue weighted by Gasteiger charge is -2.14. The topological polar surface area (TPSA) is 21.7 Å². The Balaban J connectivity index is 2.34. The summed E-state index contributed by atoms with van der Waals surface area (Å²) in [6.45, 7) is 0. The molecule has 0 radical (unpaired) electrons. The smallest absolute Gasteiger partial charge is 0.0714 e. The molecule has 0 N–H and O–H groups in total. The molecule has 0 atom stereocenters. The maximum Gasteiger partial charge on any atom is 0.0714 e. The van der Waals surface area contributed by atoms with Crippen molar-refractivity contribution in [2.45, 2.75) is 4.90 Å². The summed E-state index contributed by atoms with van der Waals surface area (Å²) < 4.78 is 4.90. The first-order chi connectivity index (χ1) is 6.36. The maximum atomic E-state index is 4.90. The minimum Gasteiger partial charge on any atom is -0.232 e. The van der Waals surface area contributed by atoms with E-state index in [9.17, 15) is 0 Å². The maximum absolute atomic E-state index is 4.90. The first kappa shape index (κ1) is 8.62. The fourth-order valence-electron chi connectivity index (χ4n) is 1.00. The number of benzene rings is 1. The van der Waals surface area contributed by atoms with Crippen LogP contribution in [0.4, 0.5) is 0 Å². The van der Waals surface area contributed by atoms with Gasteiger partial charge in [-0.3, -0.25) is 0 Å². The van der Waals surface area contributed by atoms with Gasteiger partial charge in [-0.1, -0.05) is 23.2 Å². The lowest BCUT2D eigenvalue weighted by Crippen LogP contribution is -2.10. The molecular weight excluding hydrogens is 186 g/mol. The summed E-state index contributed by atoms with van der Waals surface area (Å²) in [5.74, 6) is 0. The summed E-state index contributed by atoms with van der Waals surface area (Å²) in [7, 11) is 1.77. The lowest BCUT2D eigenvalue weighted by molar-refractivity contribution is -0.329. The van der Waals surface area contributed by atoms with Gasteiger partial charge in [0.1, 0.15) is 0 Å². The van der Waals surface area contributed by atoms with Gasteiger partial charge in [-0.2, -0.15) is 0 Å². The van der Waals surface area contributed by atoms with Crippen LogP contribution >= 0.6 is 12.0 Å². The van der Waals surface area contributed by atoms with E-state index in [1.807, 2.05) is 30.3 Å². The zero-order valence-electron chi connectivity index (χ0n) is 7.14. The van der Waals surface area contributed by atoms with Crippen molar-refractivity contribution < 1.29 is 9.32 Å².